The first-order valence-electron chi connectivity index (χ1n) is 4.55. The van der Waals surface area contributed by atoms with Crippen LogP contribution in [0.1, 0.15) is 6.42 Å². The Bertz CT molecular complexity index is 490. The molecular formula is C10H8BrFN2O2. The van der Waals surface area contributed by atoms with Crippen LogP contribution < -0.4 is 10.6 Å². The lowest BCUT2D eigenvalue weighted by molar-refractivity contribution is -0.121. The Kier molecular flexibility index (Phi) is 2.67. The zero-order valence-electron chi connectivity index (χ0n) is 8.17. The highest BCUT2D eigenvalue weighted by molar-refractivity contribution is 9.10. The van der Waals surface area contributed by atoms with Gasteiger partial charge in [-0.15, -0.1) is 0 Å². The number of carbonyl (C=O) groups is 2. The molecule has 84 valence electrons. The maximum absolute atomic E-state index is 13.3. The molecule has 6 heteroatoms. The van der Waals surface area contributed by atoms with Gasteiger partial charge >= 0.3 is 0 Å². The van der Waals surface area contributed by atoms with Crippen LogP contribution in [0.2, 0.25) is 0 Å². The second kappa shape index (κ2) is 3.86. The first kappa shape index (κ1) is 11.1. The van der Waals surface area contributed by atoms with Crippen LogP contribution in [0.25, 0.3) is 0 Å². The van der Waals surface area contributed by atoms with Crippen molar-refractivity contribution in [3.8, 4) is 0 Å². The Morgan fingerprint density at radius 1 is 1.38 bits per heavy atom. The van der Waals surface area contributed by atoms with Crippen molar-refractivity contribution in [2.75, 3.05) is 17.2 Å². The van der Waals surface area contributed by atoms with E-state index in [0.717, 1.165) is 0 Å². The van der Waals surface area contributed by atoms with E-state index in [1.54, 1.807) is 0 Å². The second-order valence-electron chi connectivity index (χ2n) is 3.52. The molecule has 2 rings (SSSR count). The molecule has 1 amide bonds. The molecule has 16 heavy (non-hydrogen) atoms. The molecule has 0 radical (unpaired) electrons. The standard InChI is InChI=1S/C10H8BrFN2O2/c11-5-1-7(12)10(13)8(2-5)14-4-6(15)3-9(14)16/h1-2H,3-4,13H2. The highest BCUT2D eigenvalue weighted by atomic mass is 79.9. The van der Waals surface area contributed by atoms with E-state index in [1.807, 2.05) is 0 Å². The largest absolute Gasteiger partial charge is 0.395 e. The number of rotatable bonds is 1. The SMILES string of the molecule is Nc1c(F)cc(Br)cc1N1CC(=O)CC1=O. The van der Waals surface area contributed by atoms with Gasteiger partial charge in [0.25, 0.3) is 0 Å². The van der Waals surface area contributed by atoms with Crippen LogP contribution in [0.3, 0.4) is 0 Å². The van der Waals surface area contributed by atoms with Gasteiger partial charge in [-0.25, -0.2) is 4.39 Å². The summed E-state index contributed by atoms with van der Waals surface area (Å²) >= 11 is 3.11. The van der Waals surface area contributed by atoms with Crippen LogP contribution in [0, 0.1) is 5.82 Å². The lowest BCUT2D eigenvalue weighted by Crippen LogP contribution is -2.25. The molecule has 1 aliphatic heterocycles. The monoisotopic (exact) mass is 286 g/mol. The molecule has 2 N–H and O–H groups in total. The highest BCUT2D eigenvalue weighted by Crippen LogP contribution is 2.32. The topological polar surface area (TPSA) is 63.4 Å². The molecule has 1 saturated heterocycles. The van der Waals surface area contributed by atoms with E-state index in [-0.39, 0.29) is 36.0 Å². The average Bonchev–Trinajstić information content (AvgIpc) is 2.51. The van der Waals surface area contributed by atoms with Gasteiger partial charge in [0.2, 0.25) is 5.91 Å². The fourth-order valence-electron chi connectivity index (χ4n) is 1.60. The summed E-state index contributed by atoms with van der Waals surface area (Å²) < 4.78 is 13.8. The zero-order chi connectivity index (χ0) is 11.9. The number of carbonyl (C=O) groups excluding carboxylic acids is 2. The van der Waals surface area contributed by atoms with Crippen molar-refractivity contribution in [1.82, 2.24) is 0 Å². The lowest BCUT2D eigenvalue weighted by Gasteiger charge is -2.17. The third-order valence-electron chi connectivity index (χ3n) is 2.35. The van der Waals surface area contributed by atoms with Crippen LogP contribution in [-0.2, 0) is 9.59 Å². The summed E-state index contributed by atoms with van der Waals surface area (Å²) in [5, 5.41) is 0. The maximum Gasteiger partial charge on any atom is 0.234 e. The molecule has 1 aromatic carbocycles. The number of hydrogen-bond donors (Lipinski definition) is 1. The molecule has 0 unspecified atom stereocenters. The third-order valence-corrected chi connectivity index (χ3v) is 2.81. The fraction of sp³-hybridized carbons (Fsp3) is 0.200. The van der Waals surface area contributed by atoms with Gasteiger partial charge in [0.1, 0.15) is 5.82 Å². The normalized spacial score (nSPS) is 16.0. The molecule has 0 aromatic heterocycles. The van der Waals surface area contributed by atoms with Crippen molar-refractivity contribution in [1.29, 1.82) is 0 Å². The Morgan fingerprint density at radius 2 is 2.06 bits per heavy atom. The van der Waals surface area contributed by atoms with Crippen LogP contribution in [0.15, 0.2) is 16.6 Å². The highest BCUT2D eigenvalue weighted by Gasteiger charge is 2.30. The summed E-state index contributed by atoms with van der Waals surface area (Å²) in [5.41, 5.74) is 5.66. The van der Waals surface area contributed by atoms with Crippen molar-refractivity contribution in [2.24, 2.45) is 0 Å². The first-order chi connectivity index (χ1) is 7.49. The molecule has 0 spiro atoms. The molecule has 4 nitrogen and oxygen atoms in total. The van der Waals surface area contributed by atoms with Gasteiger partial charge in [-0.2, -0.15) is 0 Å². The molecular weight excluding hydrogens is 279 g/mol. The number of anilines is 2. The number of nitrogens with zero attached hydrogens (tertiary/aromatic N) is 1. The Balaban J connectivity index is 2.48. The van der Waals surface area contributed by atoms with Crippen molar-refractivity contribution < 1.29 is 14.0 Å². The molecule has 0 saturated carbocycles. The van der Waals surface area contributed by atoms with Crippen molar-refractivity contribution in [3.63, 3.8) is 0 Å². The lowest BCUT2D eigenvalue weighted by atomic mass is 10.2. The number of halogens is 2. The minimum Gasteiger partial charge on any atom is -0.395 e. The fourth-order valence-corrected chi connectivity index (χ4v) is 2.02. The van der Waals surface area contributed by atoms with Crippen LogP contribution in [0.4, 0.5) is 15.8 Å². The van der Waals surface area contributed by atoms with Crippen molar-refractivity contribution in [3.05, 3.63) is 22.4 Å². The second-order valence-corrected chi connectivity index (χ2v) is 4.43. The zero-order valence-corrected chi connectivity index (χ0v) is 9.75. The van der Waals surface area contributed by atoms with Crippen LogP contribution in [-0.4, -0.2) is 18.2 Å². The Hall–Kier alpha value is -1.43. The maximum atomic E-state index is 13.3. The van der Waals surface area contributed by atoms with Crippen LogP contribution in [0.5, 0.6) is 0 Å². The number of nitrogens with two attached hydrogens (primary N) is 1. The molecule has 1 aromatic rings. The summed E-state index contributed by atoms with van der Waals surface area (Å²) in [6.07, 6.45) is -0.145. The van der Waals surface area contributed by atoms with Gasteiger partial charge in [-0.05, 0) is 12.1 Å². The average molecular weight is 287 g/mol. The Morgan fingerprint density at radius 3 is 2.62 bits per heavy atom. The summed E-state index contributed by atoms with van der Waals surface area (Å²) in [5.74, 6) is -1.16. The van der Waals surface area contributed by atoms with Gasteiger partial charge in [0.05, 0.1) is 24.3 Å². The molecule has 1 heterocycles. The van der Waals surface area contributed by atoms with E-state index >= 15 is 0 Å². The van der Waals surface area contributed by atoms with Gasteiger partial charge in [0.15, 0.2) is 5.78 Å². The van der Waals surface area contributed by atoms with E-state index in [1.165, 1.54) is 17.0 Å². The van der Waals surface area contributed by atoms with Crippen LogP contribution >= 0.6 is 15.9 Å². The smallest absolute Gasteiger partial charge is 0.234 e. The third kappa shape index (κ3) is 1.80. The van der Waals surface area contributed by atoms with E-state index < -0.39 is 5.82 Å². The molecule has 1 fully saturated rings. The molecule has 0 aliphatic carbocycles. The minimum absolute atomic E-state index is 0.0427. The van der Waals surface area contributed by atoms with Crippen molar-refractivity contribution in [2.45, 2.75) is 6.42 Å². The Labute approximate surface area is 99.3 Å². The number of nitrogen functional groups attached to an aromatic ring is 1. The number of hydrogen-bond acceptors (Lipinski definition) is 3. The molecule has 0 bridgehead atoms. The quantitative estimate of drug-likeness (QED) is 0.628. The van der Waals surface area contributed by atoms with Gasteiger partial charge < -0.3 is 10.6 Å². The number of ketones is 1. The van der Waals surface area contributed by atoms with Gasteiger partial charge in [-0.3, -0.25) is 9.59 Å². The van der Waals surface area contributed by atoms with Crippen molar-refractivity contribution >= 4 is 39.0 Å². The molecule has 0 atom stereocenters. The van der Waals surface area contributed by atoms with E-state index in [2.05, 4.69) is 15.9 Å². The number of benzene rings is 1. The van der Waals surface area contributed by atoms with E-state index in [0.29, 0.717) is 4.47 Å². The van der Waals surface area contributed by atoms with Gasteiger partial charge in [0, 0.05) is 4.47 Å². The van der Waals surface area contributed by atoms with Gasteiger partial charge in [-0.1, -0.05) is 15.9 Å². The summed E-state index contributed by atoms with van der Waals surface area (Å²) in [7, 11) is 0. The summed E-state index contributed by atoms with van der Waals surface area (Å²) in [6.45, 7) is -0.0427. The predicted octanol–water partition coefficient (Wildman–Crippen LogP) is 1.48. The van der Waals surface area contributed by atoms with E-state index in [4.69, 9.17) is 5.73 Å². The molecule has 1 aliphatic rings. The minimum atomic E-state index is -0.614. The predicted molar refractivity (Wildman–Crippen MR) is 60.5 cm³/mol. The first-order valence-corrected chi connectivity index (χ1v) is 5.35. The number of amides is 1. The summed E-state index contributed by atoms with van der Waals surface area (Å²) in [4.78, 5) is 23.8. The van der Waals surface area contributed by atoms with E-state index in [9.17, 15) is 14.0 Å². The number of Topliss-reactive ketones (excluding diaryl/α,β-unsaturated/α-hetero) is 1. The summed E-state index contributed by atoms with van der Waals surface area (Å²) in [6, 6.07) is 2.73.